The van der Waals surface area contributed by atoms with Crippen molar-refractivity contribution in [2.24, 2.45) is 0 Å². The quantitative estimate of drug-likeness (QED) is 0.940. The fourth-order valence-corrected chi connectivity index (χ4v) is 2.64. The highest BCUT2D eigenvalue weighted by molar-refractivity contribution is 7.11. The van der Waals surface area contributed by atoms with Gasteiger partial charge < -0.3 is 5.32 Å². The number of carbonyl (C=O) groups excluding carboxylic acids is 1. The van der Waals surface area contributed by atoms with Gasteiger partial charge in [-0.3, -0.25) is 4.79 Å². The molecule has 2 aromatic heterocycles. The van der Waals surface area contributed by atoms with Crippen LogP contribution in [0.1, 0.15) is 51.7 Å². The van der Waals surface area contributed by atoms with E-state index in [1.807, 2.05) is 27.7 Å². The van der Waals surface area contributed by atoms with Crippen molar-refractivity contribution in [1.29, 1.82) is 0 Å². The molecule has 2 aromatic rings. The van der Waals surface area contributed by atoms with Gasteiger partial charge in [-0.05, 0) is 19.9 Å². The number of aryl methyl sites for hydroxylation is 2. The highest BCUT2D eigenvalue weighted by atomic mass is 32.1. The summed E-state index contributed by atoms with van der Waals surface area (Å²) in [6, 6.07) is 1.63. The topological polar surface area (TPSA) is 67.8 Å². The minimum Gasteiger partial charge on any atom is -0.346 e. The number of nitrogens with zero attached hydrogens (tertiary/aromatic N) is 3. The van der Waals surface area contributed by atoms with Crippen molar-refractivity contribution in [3.05, 3.63) is 39.4 Å². The van der Waals surface area contributed by atoms with Crippen LogP contribution in [0, 0.1) is 13.8 Å². The summed E-state index contributed by atoms with van der Waals surface area (Å²) in [7, 11) is 0. The van der Waals surface area contributed by atoms with E-state index in [-0.39, 0.29) is 11.8 Å². The first kappa shape index (κ1) is 14.6. The molecule has 0 unspecified atom stereocenters. The fourth-order valence-electron chi connectivity index (χ4n) is 1.77. The third-order valence-corrected chi connectivity index (χ3v) is 3.91. The van der Waals surface area contributed by atoms with Gasteiger partial charge in [0.2, 0.25) is 0 Å². The minimum atomic E-state index is -0.181. The van der Waals surface area contributed by atoms with Crippen molar-refractivity contribution >= 4 is 17.2 Å². The lowest BCUT2D eigenvalue weighted by Gasteiger charge is -2.06. The molecule has 0 radical (unpaired) electrons. The van der Waals surface area contributed by atoms with Crippen LogP contribution in [0.2, 0.25) is 0 Å². The molecule has 0 aliphatic rings. The molecule has 1 N–H and O–H groups in total. The lowest BCUT2D eigenvalue weighted by atomic mass is 10.2. The third-order valence-electron chi connectivity index (χ3n) is 2.83. The van der Waals surface area contributed by atoms with Crippen LogP contribution in [-0.2, 0) is 6.54 Å². The SMILES string of the molecule is Cc1nc(C)c(CNC(=O)c2ccnc(C(C)C)n2)s1. The van der Waals surface area contributed by atoms with Crippen molar-refractivity contribution in [2.75, 3.05) is 0 Å². The van der Waals surface area contributed by atoms with Crippen LogP contribution in [0.3, 0.4) is 0 Å². The molecule has 5 nitrogen and oxygen atoms in total. The van der Waals surface area contributed by atoms with Gasteiger partial charge in [0.15, 0.2) is 0 Å². The Labute approximate surface area is 122 Å². The second kappa shape index (κ2) is 6.09. The molecule has 106 valence electrons. The van der Waals surface area contributed by atoms with E-state index in [1.54, 1.807) is 23.6 Å². The summed E-state index contributed by atoms with van der Waals surface area (Å²) >= 11 is 1.60. The molecule has 0 spiro atoms. The molecular formula is C14H18N4OS. The summed E-state index contributed by atoms with van der Waals surface area (Å²) in [5.41, 5.74) is 1.38. The van der Waals surface area contributed by atoms with Gasteiger partial charge >= 0.3 is 0 Å². The average molecular weight is 290 g/mol. The van der Waals surface area contributed by atoms with E-state index in [2.05, 4.69) is 20.3 Å². The lowest BCUT2D eigenvalue weighted by molar-refractivity contribution is 0.0945. The molecular weight excluding hydrogens is 272 g/mol. The van der Waals surface area contributed by atoms with Gasteiger partial charge in [0, 0.05) is 17.0 Å². The first-order chi connectivity index (χ1) is 9.47. The number of aromatic nitrogens is 3. The van der Waals surface area contributed by atoms with Crippen LogP contribution >= 0.6 is 11.3 Å². The smallest absolute Gasteiger partial charge is 0.270 e. The van der Waals surface area contributed by atoms with Crippen molar-refractivity contribution < 1.29 is 4.79 Å². The first-order valence-electron chi connectivity index (χ1n) is 6.51. The maximum Gasteiger partial charge on any atom is 0.270 e. The van der Waals surface area contributed by atoms with E-state index in [1.165, 1.54) is 0 Å². The Morgan fingerprint density at radius 2 is 2.10 bits per heavy atom. The van der Waals surface area contributed by atoms with Crippen molar-refractivity contribution in [3.63, 3.8) is 0 Å². The largest absolute Gasteiger partial charge is 0.346 e. The zero-order chi connectivity index (χ0) is 14.7. The Balaban J connectivity index is 2.05. The van der Waals surface area contributed by atoms with Gasteiger partial charge in [-0.25, -0.2) is 15.0 Å². The van der Waals surface area contributed by atoms with Gasteiger partial charge in [-0.1, -0.05) is 13.8 Å². The van der Waals surface area contributed by atoms with E-state index < -0.39 is 0 Å². The first-order valence-corrected chi connectivity index (χ1v) is 7.33. The molecule has 0 bridgehead atoms. The van der Waals surface area contributed by atoms with Gasteiger partial charge in [0.05, 0.1) is 17.2 Å². The van der Waals surface area contributed by atoms with E-state index in [0.717, 1.165) is 15.6 Å². The van der Waals surface area contributed by atoms with Gasteiger partial charge in [0.1, 0.15) is 11.5 Å². The molecule has 1 amide bonds. The highest BCUT2D eigenvalue weighted by Gasteiger charge is 2.12. The maximum atomic E-state index is 12.1. The minimum absolute atomic E-state index is 0.181. The molecule has 2 rings (SSSR count). The van der Waals surface area contributed by atoms with Crippen LogP contribution in [0.4, 0.5) is 0 Å². The molecule has 0 atom stereocenters. The number of hydrogen-bond acceptors (Lipinski definition) is 5. The van der Waals surface area contributed by atoms with Crippen LogP contribution in [0.5, 0.6) is 0 Å². The van der Waals surface area contributed by atoms with Gasteiger partial charge in [-0.2, -0.15) is 0 Å². The van der Waals surface area contributed by atoms with Crippen LogP contribution in [0.15, 0.2) is 12.3 Å². The Morgan fingerprint density at radius 1 is 1.35 bits per heavy atom. The van der Waals surface area contributed by atoms with Crippen molar-refractivity contribution in [1.82, 2.24) is 20.3 Å². The highest BCUT2D eigenvalue weighted by Crippen LogP contribution is 2.16. The van der Waals surface area contributed by atoms with Crippen molar-refractivity contribution in [3.8, 4) is 0 Å². The summed E-state index contributed by atoms with van der Waals surface area (Å²) in [5.74, 6) is 0.705. The third kappa shape index (κ3) is 3.39. The number of hydrogen-bond donors (Lipinski definition) is 1. The van der Waals surface area contributed by atoms with E-state index in [4.69, 9.17) is 0 Å². The number of nitrogens with one attached hydrogen (secondary N) is 1. The molecule has 0 fully saturated rings. The second-order valence-electron chi connectivity index (χ2n) is 4.88. The molecule has 0 aliphatic carbocycles. The average Bonchev–Trinajstić information content (AvgIpc) is 2.74. The van der Waals surface area contributed by atoms with Crippen LogP contribution < -0.4 is 5.32 Å². The molecule has 2 heterocycles. The molecule has 6 heteroatoms. The molecule has 0 aromatic carbocycles. The Kier molecular flexibility index (Phi) is 4.44. The maximum absolute atomic E-state index is 12.1. The van der Waals surface area contributed by atoms with E-state index in [0.29, 0.717) is 18.1 Å². The van der Waals surface area contributed by atoms with Gasteiger partial charge in [-0.15, -0.1) is 11.3 Å². The zero-order valence-electron chi connectivity index (χ0n) is 12.1. The molecule has 0 saturated heterocycles. The molecule has 20 heavy (non-hydrogen) atoms. The fraction of sp³-hybridized carbons (Fsp3) is 0.429. The zero-order valence-corrected chi connectivity index (χ0v) is 12.9. The summed E-state index contributed by atoms with van der Waals surface area (Å²) in [6.45, 7) is 8.40. The monoisotopic (exact) mass is 290 g/mol. The lowest BCUT2D eigenvalue weighted by Crippen LogP contribution is -2.24. The van der Waals surface area contributed by atoms with Crippen LogP contribution in [0.25, 0.3) is 0 Å². The Bertz CT molecular complexity index is 621. The standard InChI is InChI=1S/C14H18N4OS/c1-8(2)13-15-6-5-11(18-13)14(19)16-7-12-9(3)17-10(4)20-12/h5-6,8H,7H2,1-4H3,(H,16,19). The van der Waals surface area contributed by atoms with E-state index in [9.17, 15) is 4.79 Å². The molecule has 0 aliphatic heterocycles. The van der Waals surface area contributed by atoms with Gasteiger partial charge in [0.25, 0.3) is 5.91 Å². The summed E-state index contributed by atoms with van der Waals surface area (Å²) < 4.78 is 0. The Morgan fingerprint density at radius 3 is 2.70 bits per heavy atom. The van der Waals surface area contributed by atoms with Crippen molar-refractivity contribution in [2.45, 2.75) is 40.2 Å². The molecule has 0 saturated carbocycles. The number of carbonyl (C=O) groups is 1. The predicted molar refractivity (Wildman–Crippen MR) is 78.9 cm³/mol. The summed E-state index contributed by atoms with van der Waals surface area (Å²) in [6.07, 6.45) is 1.62. The van der Waals surface area contributed by atoms with E-state index >= 15 is 0 Å². The summed E-state index contributed by atoms with van der Waals surface area (Å²) in [5, 5.41) is 3.89. The normalized spacial score (nSPS) is 10.8. The number of rotatable bonds is 4. The Hall–Kier alpha value is -1.82. The van der Waals surface area contributed by atoms with Crippen LogP contribution in [-0.4, -0.2) is 20.9 Å². The number of amides is 1. The summed E-state index contributed by atoms with van der Waals surface area (Å²) in [4.78, 5) is 25.9. The predicted octanol–water partition coefficient (Wildman–Crippen LogP) is 2.60. The number of thiazole rings is 1. The second-order valence-corrected chi connectivity index (χ2v) is 6.17.